The predicted molar refractivity (Wildman–Crippen MR) is 300 cm³/mol. The van der Waals surface area contributed by atoms with Gasteiger partial charge < -0.3 is 5.11 Å². The third-order valence-corrected chi connectivity index (χ3v) is 15.6. The SMILES string of the molecule is CC(C)c1ccc(-n2c(-c3cc(C(C)(C)C)cc(C(C)(C)C)c3O)nc3c(-c4[c-]c(-c5cc(-c6ccccc6)ccn5)cc(C(C)(C)C)c4)c4c(cc32)C2c3ccccc3C4c3ccccc32)c(C(C)C)c1.[Pt]. The summed E-state index contributed by atoms with van der Waals surface area (Å²) in [4.78, 5) is 11.1. The van der Waals surface area contributed by atoms with Gasteiger partial charge >= 0.3 is 0 Å². The molecule has 0 fully saturated rings. The molecule has 9 aromatic rings. The first-order chi connectivity index (χ1) is 34.2. The van der Waals surface area contributed by atoms with Crippen LogP contribution in [0.1, 0.15) is 175 Å². The standard InChI is InChI=1S/C68H68N3O.Pt/c1-39(2)42-27-28-57(52(34-42)40(3)4)71-58-38-53-60-48-23-17-19-25-50(48)61(51-26-20-18-24-49(51)60)62(53)59(63(58)70-65(71)54-36-47(67(8,9)10)37-55(64(54)72)68(11,12)13)45-31-44(32-46(33-45)66(5,6)7)56-35-43(29-30-69-56)41-21-15-14-16-22-41;/h14-30,32-40,60-61,72H,1-13H3;/q-1;. The van der Waals surface area contributed by atoms with Gasteiger partial charge in [-0.25, -0.2) is 4.98 Å². The van der Waals surface area contributed by atoms with E-state index in [1.807, 2.05) is 6.20 Å². The van der Waals surface area contributed by atoms with Gasteiger partial charge in [0.1, 0.15) is 11.6 Å². The number of phenolic OH excluding ortho intramolecular Hbond substituents is 1. The van der Waals surface area contributed by atoms with Crippen molar-refractivity contribution in [1.29, 1.82) is 0 Å². The Kier molecular flexibility index (Phi) is 12.5. The number of rotatable bonds is 7. The van der Waals surface area contributed by atoms with Crippen LogP contribution in [0, 0.1) is 6.07 Å². The molecule has 5 heteroatoms. The van der Waals surface area contributed by atoms with E-state index in [1.54, 1.807) is 0 Å². The van der Waals surface area contributed by atoms with Gasteiger partial charge in [-0.3, -0.25) is 9.55 Å². The van der Waals surface area contributed by atoms with Crippen molar-refractivity contribution in [3.8, 4) is 56.3 Å². The largest absolute Gasteiger partial charge is 0.507 e. The number of fused-ring (bicyclic) bond motifs is 1. The molecule has 0 saturated carbocycles. The molecule has 0 amide bonds. The van der Waals surface area contributed by atoms with E-state index >= 15 is 0 Å². The minimum absolute atomic E-state index is 0. The maximum atomic E-state index is 12.9. The summed E-state index contributed by atoms with van der Waals surface area (Å²) in [5.74, 6) is 1.52. The summed E-state index contributed by atoms with van der Waals surface area (Å²) in [6.45, 7) is 29.4. The van der Waals surface area contributed by atoms with Crippen molar-refractivity contribution in [2.45, 2.75) is 130 Å². The summed E-state index contributed by atoms with van der Waals surface area (Å²) in [6.07, 6.45) is 1.93. The average Bonchev–Trinajstić information content (AvgIpc) is 3.72. The summed E-state index contributed by atoms with van der Waals surface area (Å²) < 4.78 is 2.41. The number of nitrogens with zero attached hydrogens (tertiary/aromatic N) is 3. The minimum atomic E-state index is -0.343. The van der Waals surface area contributed by atoms with Crippen LogP contribution in [-0.4, -0.2) is 19.6 Å². The van der Waals surface area contributed by atoms with Crippen LogP contribution in [0.4, 0.5) is 0 Å². The fourth-order valence-corrected chi connectivity index (χ4v) is 11.6. The van der Waals surface area contributed by atoms with E-state index in [1.165, 1.54) is 50.1 Å². The second-order valence-corrected chi connectivity index (χ2v) is 24.3. The van der Waals surface area contributed by atoms with Crippen LogP contribution in [0.25, 0.3) is 61.6 Å². The molecule has 0 radical (unpaired) electrons. The molecule has 0 unspecified atom stereocenters. The van der Waals surface area contributed by atoms with Gasteiger partial charge in [0.25, 0.3) is 0 Å². The topological polar surface area (TPSA) is 50.9 Å². The zero-order valence-corrected chi connectivity index (χ0v) is 47.0. The zero-order valence-electron chi connectivity index (χ0n) is 44.8. The Hall–Kier alpha value is -6.35. The Morgan fingerprint density at radius 1 is 0.562 bits per heavy atom. The monoisotopic (exact) mass is 1140 g/mol. The van der Waals surface area contributed by atoms with Gasteiger partial charge in [0.2, 0.25) is 0 Å². The van der Waals surface area contributed by atoms with Crippen LogP contribution >= 0.6 is 0 Å². The van der Waals surface area contributed by atoms with Crippen molar-refractivity contribution >= 4 is 11.0 Å². The third-order valence-electron chi connectivity index (χ3n) is 15.6. The number of aromatic nitrogens is 3. The molecule has 0 saturated heterocycles. The number of benzene rings is 7. The second-order valence-electron chi connectivity index (χ2n) is 24.3. The van der Waals surface area contributed by atoms with Crippen molar-refractivity contribution in [3.63, 3.8) is 0 Å². The van der Waals surface area contributed by atoms with E-state index in [0.29, 0.717) is 5.92 Å². The van der Waals surface area contributed by atoms with Gasteiger partial charge in [-0.05, 0) is 108 Å². The molecule has 73 heavy (non-hydrogen) atoms. The molecule has 2 bridgehead atoms. The van der Waals surface area contributed by atoms with Crippen LogP contribution in [0.3, 0.4) is 0 Å². The number of aromatic hydroxyl groups is 1. The summed E-state index contributed by atoms with van der Waals surface area (Å²) >= 11 is 0. The van der Waals surface area contributed by atoms with Crippen molar-refractivity contribution in [3.05, 3.63) is 213 Å². The van der Waals surface area contributed by atoms with Crippen molar-refractivity contribution in [2.75, 3.05) is 0 Å². The molecule has 1 N–H and O–H groups in total. The van der Waals surface area contributed by atoms with Crippen LogP contribution in [0.15, 0.2) is 146 Å². The van der Waals surface area contributed by atoms with E-state index in [4.69, 9.17) is 9.97 Å². The normalized spacial score (nSPS) is 15.1. The van der Waals surface area contributed by atoms with Crippen LogP contribution < -0.4 is 0 Å². The van der Waals surface area contributed by atoms with E-state index < -0.39 is 0 Å². The Morgan fingerprint density at radius 2 is 1.15 bits per heavy atom. The number of phenols is 1. The first-order valence-electron chi connectivity index (χ1n) is 26.1. The van der Waals surface area contributed by atoms with Gasteiger partial charge in [-0.15, -0.1) is 29.3 Å². The summed E-state index contributed by atoms with van der Waals surface area (Å²) in [5.41, 5.74) is 22.9. The Labute approximate surface area is 448 Å². The Balaban J connectivity index is 0.00000611. The van der Waals surface area contributed by atoms with Crippen LogP contribution in [0.5, 0.6) is 5.75 Å². The second kappa shape index (κ2) is 18.2. The molecule has 2 aromatic heterocycles. The zero-order chi connectivity index (χ0) is 50.8. The fraction of sp³-hybridized carbons (Fsp3) is 0.294. The number of imidazole rings is 1. The molecular weight excluding hydrogens is 1070 g/mol. The van der Waals surface area contributed by atoms with Gasteiger partial charge in [-0.2, -0.15) is 0 Å². The van der Waals surface area contributed by atoms with Gasteiger partial charge in [0, 0.05) is 50.4 Å². The molecule has 3 aliphatic carbocycles. The number of hydrogen-bond donors (Lipinski definition) is 1. The van der Waals surface area contributed by atoms with Crippen LogP contribution in [0.2, 0.25) is 0 Å². The maximum Gasteiger partial charge on any atom is 0.148 e. The molecule has 0 atom stereocenters. The molecule has 12 rings (SSSR count). The number of pyridine rings is 1. The van der Waals surface area contributed by atoms with Crippen molar-refractivity contribution in [2.24, 2.45) is 0 Å². The van der Waals surface area contributed by atoms with E-state index in [0.717, 1.165) is 72.7 Å². The summed E-state index contributed by atoms with van der Waals surface area (Å²) in [6, 6.07) is 55.7. The van der Waals surface area contributed by atoms with Crippen molar-refractivity contribution in [1.82, 2.24) is 14.5 Å². The van der Waals surface area contributed by atoms with E-state index in [2.05, 4.69) is 240 Å². The first-order valence-corrected chi connectivity index (χ1v) is 26.1. The van der Waals surface area contributed by atoms with Crippen molar-refractivity contribution < 1.29 is 26.2 Å². The average molecular weight is 1140 g/mol. The van der Waals surface area contributed by atoms with Crippen LogP contribution in [-0.2, 0) is 37.3 Å². The van der Waals surface area contributed by atoms with Gasteiger partial charge in [0.05, 0.1) is 22.3 Å². The predicted octanol–water partition coefficient (Wildman–Crippen LogP) is 17.7. The smallest absolute Gasteiger partial charge is 0.148 e. The Bertz CT molecular complexity index is 3560. The molecule has 0 aliphatic heterocycles. The molecule has 372 valence electrons. The van der Waals surface area contributed by atoms with E-state index in [-0.39, 0.29) is 60.8 Å². The quantitative estimate of drug-likeness (QED) is 0.162. The number of hydrogen-bond acceptors (Lipinski definition) is 3. The third kappa shape index (κ3) is 8.52. The minimum Gasteiger partial charge on any atom is -0.507 e. The molecule has 2 heterocycles. The molecule has 7 aromatic carbocycles. The fourth-order valence-electron chi connectivity index (χ4n) is 11.6. The van der Waals surface area contributed by atoms with E-state index in [9.17, 15) is 5.11 Å². The van der Waals surface area contributed by atoms with Gasteiger partial charge in [-0.1, -0.05) is 210 Å². The molecule has 3 aliphatic rings. The summed E-state index contributed by atoms with van der Waals surface area (Å²) in [5, 5.41) is 12.9. The molecular formula is C68H68N3OPt-. The maximum absolute atomic E-state index is 12.9. The summed E-state index contributed by atoms with van der Waals surface area (Å²) in [7, 11) is 0. The van der Waals surface area contributed by atoms with Gasteiger partial charge in [0.15, 0.2) is 0 Å². The molecule has 4 nitrogen and oxygen atoms in total. The molecule has 0 spiro atoms. The Morgan fingerprint density at radius 3 is 1.74 bits per heavy atom. The first kappa shape index (κ1) is 50.2.